The van der Waals surface area contributed by atoms with E-state index < -0.39 is 0 Å². The monoisotopic (exact) mass is 547 g/mol. The van der Waals surface area contributed by atoms with Crippen LogP contribution in [-0.4, -0.2) is 42.9 Å². The van der Waals surface area contributed by atoms with E-state index in [0.717, 1.165) is 58.1 Å². The van der Waals surface area contributed by atoms with Crippen LogP contribution in [0, 0.1) is 0 Å². The topological polar surface area (TPSA) is 71.5 Å². The van der Waals surface area contributed by atoms with Crippen LogP contribution in [0.1, 0.15) is 6.92 Å². The Morgan fingerprint density at radius 2 is 1.94 bits per heavy atom. The molecule has 162 valence electrons. The first-order chi connectivity index (χ1) is 15.1. The third-order valence-electron chi connectivity index (χ3n) is 4.72. The Morgan fingerprint density at radius 3 is 2.71 bits per heavy atom. The molecule has 3 aromatic rings. The first-order valence-electron chi connectivity index (χ1n) is 10.0. The molecular formula is C22H23Br2N5O2. The van der Waals surface area contributed by atoms with Gasteiger partial charge in [0.05, 0.1) is 30.0 Å². The molecule has 1 saturated heterocycles. The predicted molar refractivity (Wildman–Crippen MR) is 131 cm³/mol. The molecule has 0 amide bonds. The van der Waals surface area contributed by atoms with Crippen molar-refractivity contribution in [3.8, 4) is 5.75 Å². The first kappa shape index (κ1) is 21.9. The maximum Gasteiger partial charge on any atom is 0.229 e. The molecule has 0 unspecified atom stereocenters. The van der Waals surface area contributed by atoms with Crippen molar-refractivity contribution in [1.29, 1.82) is 0 Å². The lowest BCUT2D eigenvalue weighted by molar-refractivity contribution is 0.122. The number of rotatable bonds is 7. The van der Waals surface area contributed by atoms with E-state index in [4.69, 9.17) is 9.47 Å². The Kier molecular flexibility index (Phi) is 7.26. The Balaban J connectivity index is 1.56. The van der Waals surface area contributed by atoms with Crippen LogP contribution in [0.5, 0.6) is 5.75 Å². The lowest BCUT2D eigenvalue weighted by atomic mass is 10.2. The minimum Gasteiger partial charge on any atom is -0.492 e. The number of aromatic nitrogens is 2. The fraction of sp³-hybridized carbons (Fsp3) is 0.273. The molecule has 0 atom stereocenters. The summed E-state index contributed by atoms with van der Waals surface area (Å²) in [6.45, 7) is 5.77. The van der Waals surface area contributed by atoms with Gasteiger partial charge >= 0.3 is 0 Å². The second-order valence-electron chi connectivity index (χ2n) is 6.86. The van der Waals surface area contributed by atoms with Crippen LogP contribution >= 0.6 is 31.9 Å². The van der Waals surface area contributed by atoms with Crippen LogP contribution in [0.15, 0.2) is 57.6 Å². The number of anilines is 5. The summed E-state index contributed by atoms with van der Waals surface area (Å²) in [4.78, 5) is 11.3. The number of nitrogens with zero attached hydrogens (tertiary/aromatic N) is 3. The molecule has 2 N–H and O–H groups in total. The molecule has 1 fully saturated rings. The second kappa shape index (κ2) is 10.3. The zero-order valence-corrected chi connectivity index (χ0v) is 20.2. The maximum absolute atomic E-state index is 5.90. The highest BCUT2D eigenvalue weighted by atomic mass is 79.9. The fourth-order valence-electron chi connectivity index (χ4n) is 3.25. The van der Waals surface area contributed by atoms with Crippen LogP contribution < -0.4 is 20.3 Å². The van der Waals surface area contributed by atoms with Crippen molar-refractivity contribution < 1.29 is 9.47 Å². The number of nitrogens with one attached hydrogen (secondary N) is 2. The van der Waals surface area contributed by atoms with Crippen LogP contribution in [-0.2, 0) is 4.74 Å². The molecule has 7 nitrogen and oxygen atoms in total. The molecule has 0 bridgehead atoms. The Labute approximate surface area is 198 Å². The van der Waals surface area contributed by atoms with E-state index >= 15 is 0 Å². The van der Waals surface area contributed by atoms with E-state index in [1.165, 1.54) is 0 Å². The number of halogens is 2. The highest BCUT2D eigenvalue weighted by Crippen LogP contribution is 2.33. The van der Waals surface area contributed by atoms with Gasteiger partial charge in [0.25, 0.3) is 0 Å². The highest BCUT2D eigenvalue weighted by molar-refractivity contribution is 9.10. The van der Waals surface area contributed by atoms with E-state index in [1.807, 2.05) is 37.3 Å². The third-order valence-corrected chi connectivity index (χ3v) is 5.79. The minimum absolute atomic E-state index is 0.473. The van der Waals surface area contributed by atoms with Crippen molar-refractivity contribution in [3.63, 3.8) is 0 Å². The number of morpholine rings is 1. The lowest BCUT2D eigenvalue weighted by Crippen LogP contribution is -2.36. The fourth-order valence-corrected chi connectivity index (χ4v) is 3.94. The molecule has 2 aromatic carbocycles. The molecule has 4 rings (SSSR count). The largest absolute Gasteiger partial charge is 0.492 e. The molecule has 1 aliphatic heterocycles. The quantitative estimate of drug-likeness (QED) is 0.391. The lowest BCUT2D eigenvalue weighted by Gasteiger charge is -2.29. The summed E-state index contributed by atoms with van der Waals surface area (Å²) in [5, 5.41) is 6.61. The van der Waals surface area contributed by atoms with Crippen LogP contribution in [0.3, 0.4) is 0 Å². The minimum atomic E-state index is 0.473. The van der Waals surface area contributed by atoms with E-state index in [1.54, 1.807) is 6.20 Å². The smallest absolute Gasteiger partial charge is 0.229 e. The highest BCUT2D eigenvalue weighted by Gasteiger charge is 2.15. The SMILES string of the molecule is CCOc1cc(N2CCOCC2)ccc1Nc1ncc(Br)c(Nc2cccc(Br)c2)n1. The molecule has 0 aliphatic carbocycles. The average molecular weight is 549 g/mol. The molecule has 9 heteroatoms. The van der Waals surface area contributed by atoms with Crippen molar-refractivity contribution in [2.24, 2.45) is 0 Å². The van der Waals surface area contributed by atoms with Gasteiger partial charge in [0.1, 0.15) is 11.6 Å². The molecule has 1 aromatic heterocycles. The summed E-state index contributed by atoms with van der Waals surface area (Å²) in [5.41, 5.74) is 2.85. The number of hydrogen-bond acceptors (Lipinski definition) is 7. The zero-order chi connectivity index (χ0) is 21.6. The van der Waals surface area contributed by atoms with Crippen LogP contribution in [0.2, 0.25) is 0 Å². The Morgan fingerprint density at radius 1 is 1.10 bits per heavy atom. The van der Waals surface area contributed by atoms with Gasteiger partial charge in [-0.2, -0.15) is 4.98 Å². The van der Waals surface area contributed by atoms with E-state index in [0.29, 0.717) is 18.4 Å². The van der Waals surface area contributed by atoms with E-state index in [9.17, 15) is 0 Å². The first-order valence-corrected chi connectivity index (χ1v) is 11.6. The molecule has 0 spiro atoms. The van der Waals surface area contributed by atoms with Crippen molar-refractivity contribution >= 4 is 60.7 Å². The summed E-state index contributed by atoms with van der Waals surface area (Å²) in [5.74, 6) is 1.90. The molecular weight excluding hydrogens is 526 g/mol. The van der Waals surface area contributed by atoms with Gasteiger partial charge in [0, 0.05) is 41.2 Å². The summed E-state index contributed by atoms with van der Waals surface area (Å²) in [7, 11) is 0. The Hall–Kier alpha value is -2.36. The van der Waals surface area contributed by atoms with Crippen molar-refractivity contribution in [2.75, 3.05) is 48.4 Å². The van der Waals surface area contributed by atoms with Gasteiger partial charge in [0.2, 0.25) is 5.95 Å². The van der Waals surface area contributed by atoms with Gasteiger partial charge in [-0.15, -0.1) is 0 Å². The molecule has 2 heterocycles. The second-order valence-corrected chi connectivity index (χ2v) is 8.63. The van der Waals surface area contributed by atoms with Gasteiger partial charge in [-0.1, -0.05) is 22.0 Å². The molecule has 31 heavy (non-hydrogen) atoms. The van der Waals surface area contributed by atoms with E-state index in [2.05, 4.69) is 69.5 Å². The summed E-state index contributed by atoms with van der Waals surface area (Å²) < 4.78 is 13.1. The normalized spacial score (nSPS) is 13.7. The molecule has 0 saturated carbocycles. The number of ether oxygens (including phenoxy) is 2. The van der Waals surface area contributed by atoms with Crippen LogP contribution in [0.25, 0.3) is 0 Å². The standard InChI is InChI=1S/C22H23Br2N5O2/c1-2-31-20-13-17(29-8-10-30-11-9-29)6-7-19(20)27-22-25-14-18(24)21(28-22)26-16-5-3-4-15(23)12-16/h3-7,12-14H,2,8-11H2,1H3,(H2,25,26,27,28). The maximum atomic E-state index is 5.90. The predicted octanol–water partition coefficient (Wildman–Crippen LogP) is 5.72. The van der Waals surface area contributed by atoms with Gasteiger partial charge in [-0.3, -0.25) is 0 Å². The summed E-state index contributed by atoms with van der Waals surface area (Å²) in [6, 6.07) is 14.0. The third kappa shape index (κ3) is 5.66. The van der Waals surface area contributed by atoms with Gasteiger partial charge in [-0.25, -0.2) is 4.98 Å². The van der Waals surface area contributed by atoms with Gasteiger partial charge in [0.15, 0.2) is 0 Å². The summed E-state index contributed by atoms with van der Waals surface area (Å²) >= 11 is 7.01. The average Bonchev–Trinajstić information content (AvgIpc) is 2.78. The van der Waals surface area contributed by atoms with Gasteiger partial charge in [-0.05, 0) is 53.2 Å². The van der Waals surface area contributed by atoms with E-state index in [-0.39, 0.29) is 0 Å². The Bertz CT molecular complexity index is 1040. The molecule has 0 radical (unpaired) electrons. The van der Waals surface area contributed by atoms with Gasteiger partial charge < -0.3 is 25.0 Å². The van der Waals surface area contributed by atoms with Crippen molar-refractivity contribution in [3.05, 3.63) is 57.6 Å². The number of benzene rings is 2. The molecule has 1 aliphatic rings. The number of hydrogen-bond donors (Lipinski definition) is 2. The zero-order valence-electron chi connectivity index (χ0n) is 17.1. The van der Waals surface area contributed by atoms with Crippen molar-refractivity contribution in [1.82, 2.24) is 9.97 Å². The van der Waals surface area contributed by atoms with Crippen molar-refractivity contribution in [2.45, 2.75) is 6.92 Å². The van der Waals surface area contributed by atoms with Crippen LogP contribution in [0.4, 0.5) is 28.8 Å². The summed E-state index contributed by atoms with van der Waals surface area (Å²) in [6.07, 6.45) is 1.72.